The molecule has 2 amide bonds. The Morgan fingerprint density at radius 1 is 1.27 bits per heavy atom. The second-order valence-electron chi connectivity index (χ2n) is 5.53. The molecular weight excluding hydrogens is 362 g/mol. The summed E-state index contributed by atoms with van der Waals surface area (Å²) in [5.41, 5.74) is 0.0947. The average Bonchev–Trinajstić information content (AvgIpc) is 2.60. The zero-order chi connectivity index (χ0) is 19.1. The van der Waals surface area contributed by atoms with Crippen LogP contribution in [-0.2, 0) is 14.8 Å². The molecular formula is C16H15N3O6S. The number of aromatic nitrogens is 1. The average molecular weight is 377 g/mol. The number of carboxylic acid groups (broad SMARTS) is 1. The lowest BCUT2D eigenvalue weighted by Crippen LogP contribution is -2.49. The maximum Gasteiger partial charge on any atom is 0.344 e. The monoisotopic (exact) mass is 377 g/mol. The van der Waals surface area contributed by atoms with Gasteiger partial charge >= 0.3 is 12.0 Å². The van der Waals surface area contributed by atoms with E-state index < -0.39 is 28.1 Å². The molecule has 0 saturated carbocycles. The third kappa shape index (κ3) is 2.84. The number of carbonyl (C=O) groups excluding carboxylic acids is 1. The lowest BCUT2D eigenvalue weighted by Gasteiger charge is -2.33. The van der Waals surface area contributed by atoms with Gasteiger partial charge in [0.2, 0.25) is 0 Å². The van der Waals surface area contributed by atoms with Crippen molar-refractivity contribution in [2.45, 2.75) is 17.9 Å². The van der Waals surface area contributed by atoms with Crippen LogP contribution in [0.2, 0.25) is 0 Å². The molecule has 1 aromatic carbocycles. The first kappa shape index (κ1) is 17.7. The summed E-state index contributed by atoms with van der Waals surface area (Å²) in [4.78, 5) is 28.5. The van der Waals surface area contributed by atoms with Crippen molar-refractivity contribution in [1.82, 2.24) is 4.98 Å². The molecule has 3 rings (SSSR count). The quantitative estimate of drug-likeness (QED) is 0.862. The topological polar surface area (TPSA) is 117 Å². The van der Waals surface area contributed by atoms with Gasteiger partial charge in [-0.3, -0.25) is 4.90 Å². The zero-order valence-corrected chi connectivity index (χ0v) is 14.7. The van der Waals surface area contributed by atoms with Gasteiger partial charge < -0.3 is 9.84 Å². The fraction of sp³-hybridized carbons (Fsp3) is 0.188. The molecule has 2 aromatic rings. The number of sulfonamides is 1. The molecule has 26 heavy (non-hydrogen) atoms. The van der Waals surface area contributed by atoms with Crippen LogP contribution in [0.25, 0.3) is 0 Å². The normalized spacial score (nSPS) is 16.8. The van der Waals surface area contributed by atoms with Gasteiger partial charge in [0.15, 0.2) is 11.9 Å². The van der Waals surface area contributed by atoms with Gasteiger partial charge in [0.25, 0.3) is 10.0 Å². The van der Waals surface area contributed by atoms with Crippen LogP contribution in [0, 0.1) is 0 Å². The second kappa shape index (κ2) is 6.30. The molecule has 0 spiro atoms. The van der Waals surface area contributed by atoms with E-state index in [-0.39, 0.29) is 22.2 Å². The molecule has 0 aliphatic carbocycles. The van der Waals surface area contributed by atoms with Crippen LogP contribution in [0.1, 0.15) is 6.92 Å². The predicted molar refractivity (Wildman–Crippen MR) is 91.9 cm³/mol. The molecule has 1 aliphatic heterocycles. The SMILES string of the molecule is C[C@@H](Oc1ccc2c(c1)N(C)C(=O)N(c1ccccn1)S2(=O)=O)C(=O)O. The van der Waals surface area contributed by atoms with Gasteiger partial charge in [0, 0.05) is 19.3 Å². The van der Waals surface area contributed by atoms with E-state index in [1.54, 1.807) is 12.1 Å². The van der Waals surface area contributed by atoms with Crippen LogP contribution < -0.4 is 13.9 Å². The van der Waals surface area contributed by atoms with Crippen LogP contribution in [0.5, 0.6) is 5.75 Å². The minimum Gasteiger partial charge on any atom is -0.479 e. The fourth-order valence-electron chi connectivity index (χ4n) is 2.44. The number of rotatable bonds is 4. The Balaban J connectivity index is 2.08. The minimum atomic E-state index is -4.17. The number of benzene rings is 1. The molecule has 0 radical (unpaired) electrons. The maximum absolute atomic E-state index is 12.9. The third-order valence-electron chi connectivity index (χ3n) is 3.79. The smallest absolute Gasteiger partial charge is 0.344 e. The Bertz CT molecular complexity index is 977. The van der Waals surface area contributed by atoms with Crippen LogP contribution in [0.3, 0.4) is 0 Å². The zero-order valence-electron chi connectivity index (χ0n) is 13.9. The molecule has 0 saturated heterocycles. The number of hydrogen-bond acceptors (Lipinski definition) is 6. The number of pyridine rings is 1. The van der Waals surface area contributed by atoms with Gasteiger partial charge in [-0.15, -0.1) is 0 Å². The lowest BCUT2D eigenvalue weighted by atomic mass is 10.2. The second-order valence-corrected chi connectivity index (χ2v) is 7.28. The highest BCUT2D eigenvalue weighted by Gasteiger charge is 2.42. The van der Waals surface area contributed by atoms with Gasteiger partial charge in [-0.1, -0.05) is 6.07 Å². The van der Waals surface area contributed by atoms with E-state index in [2.05, 4.69) is 4.98 Å². The number of carboxylic acids is 1. The van der Waals surface area contributed by atoms with E-state index in [0.717, 1.165) is 4.90 Å². The summed E-state index contributed by atoms with van der Waals surface area (Å²) in [6.07, 6.45) is 0.261. The van der Waals surface area contributed by atoms with Gasteiger partial charge in [0.1, 0.15) is 10.6 Å². The number of urea groups is 1. The Morgan fingerprint density at radius 2 is 2.00 bits per heavy atom. The molecule has 2 heterocycles. The van der Waals surface area contributed by atoms with Crippen molar-refractivity contribution in [2.75, 3.05) is 16.3 Å². The summed E-state index contributed by atoms with van der Waals surface area (Å²) in [5, 5.41) is 8.92. The Hall–Kier alpha value is -3.14. The van der Waals surface area contributed by atoms with Crippen LogP contribution in [0.4, 0.5) is 16.3 Å². The van der Waals surface area contributed by atoms with Gasteiger partial charge in [-0.05, 0) is 31.2 Å². The largest absolute Gasteiger partial charge is 0.479 e. The summed E-state index contributed by atoms with van der Waals surface area (Å²) in [7, 11) is -2.76. The first-order chi connectivity index (χ1) is 12.2. The van der Waals surface area contributed by atoms with Crippen molar-refractivity contribution >= 4 is 33.5 Å². The molecule has 1 aromatic heterocycles. The standard InChI is InChI=1S/C16H15N3O6S/c1-10(15(20)21)25-11-6-7-13-12(9-11)18(2)16(22)19(26(13,23)24)14-5-3-4-8-17-14/h3-10H,1-2H3,(H,20,21)/t10-/m1/s1. The highest BCUT2D eigenvalue weighted by Crippen LogP contribution is 2.38. The van der Waals surface area contributed by atoms with Crippen LogP contribution >= 0.6 is 0 Å². The molecule has 0 unspecified atom stereocenters. The number of hydrogen-bond donors (Lipinski definition) is 1. The Labute approximate surface area is 149 Å². The predicted octanol–water partition coefficient (Wildman–Crippen LogP) is 1.70. The van der Waals surface area contributed by atoms with Crippen molar-refractivity contribution in [2.24, 2.45) is 0 Å². The lowest BCUT2D eigenvalue weighted by molar-refractivity contribution is -0.144. The molecule has 10 heteroatoms. The van der Waals surface area contributed by atoms with E-state index in [9.17, 15) is 18.0 Å². The first-order valence-corrected chi connectivity index (χ1v) is 8.95. The highest BCUT2D eigenvalue weighted by atomic mass is 32.2. The van der Waals surface area contributed by atoms with E-state index in [1.165, 1.54) is 44.4 Å². The van der Waals surface area contributed by atoms with Gasteiger partial charge in [0.05, 0.1) is 5.69 Å². The summed E-state index contributed by atoms with van der Waals surface area (Å²) in [5.74, 6) is -1.05. The summed E-state index contributed by atoms with van der Waals surface area (Å²) in [6, 6.07) is 7.73. The van der Waals surface area contributed by atoms with Crippen molar-refractivity contribution in [1.29, 1.82) is 0 Å². The van der Waals surface area contributed by atoms with E-state index >= 15 is 0 Å². The Kier molecular flexibility index (Phi) is 4.28. The Morgan fingerprint density at radius 3 is 2.62 bits per heavy atom. The van der Waals surface area contributed by atoms with Crippen molar-refractivity contribution in [3.05, 3.63) is 42.6 Å². The number of ether oxygens (including phenoxy) is 1. The van der Waals surface area contributed by atoms with E-state index in [4.69, 9.17) is 9.84 Å². The number of anilines is 2. The third-order valence-corrected chi connectivity index (χ3v) is 5.51. The van der Waals surface area contributed by atoms with E-state index in [1.807, 2.05) is 0 Å². The molecule has 0 fully saturated rings. The molecule has 0 bridgehead atoms. The summed E-state index contributed by atoms with van der Waals surface area (Å²) >= 11 is 0. The van der Waals surface area contributed by atoms with E-state index in [0.29, 0.717) is 4.31 Å². The van der Waals surface area contributed by atoms with Gasteiger partial charge in [-0.25, -0.2) is 23.0 Å². The number of amides is 2. The molecule has 136 valence electrons. The van der Waals surface area contributed by atoms with Crippen molar-refractivity contribution in [3.63, 3.8) is 0 Å². The number of nitrogens with zero attached hydrogens (tertiary/aromatic N) is 3. The first-order valence-electron chi connectivity index (χ1n) is 7.51. The number of aliphatic carboxylic acids is 1. The molecule has 1 aliphatic rings. The number of fused-ring (bicyclic) bond motifs is 1. The van der Waals surface area contributed by atoms with Gasteiger partial charge in [-0.2, -0.15) is 4.31 Å². The summed E-state index contributed by atoms with van der Waals surface area (Å²) < 4.78 is 31.7. The molecule has 1 N–H and O–H groups in total. The maximum atomic E-state index is 12.9. The minimum absolute atomic E-state index is 0.0187. The van der Waals surface area contributed by atoms with Crippen LogP contribution in [0.15, 0.2) is 47.5 Å². The molecule has 1 atom stereocenters. The molecule has 9 nitrogen and oxygen atoms in total. The summed E-state index contributed by atoms with van der Waals surface area (Å²) in [6.45, 7) is 1.34. The van der Waals surface area contributed by atoms with Crippen molar-refractivity contribution in [3.8, 4) is 5.75 Å². The number of carbonyl (C=O) groups is 2. The van der Waals surface area contributed by atoms with Crippen LogP contribution in [-0.4, -0.2) is 43.7 Å². The fourth-order valence-corrected chi connectivity index (χ4v) is 4.02. The van der Waals surface area contributed by atoms with Crippen molar-refractivity contribution < 1.29 is 27.9 Å². The highest BCUT2D eigenvalue weighted by molar-refractivity contribution is 7.94.